The molecule has 1 aromatic heterocycles. The van der Waals surface area contributed by atoms with E-state index in [2.05, 4.69) is 10.3 Å². The zero-order valence-corrected chi connectivity index (χ0v) is 10.6. The number of nitrogens with zero attached hydrogens (tertiary/aromatic N) is 1. The van der Waals surface area contributed by atoms with Gasteiger partial charge < -0.3 is 9.73 Å². The lowest BCUT2D eigenvalue weighted by molar-refractivity contribution is -0.115. The van der Waals surface area contributed by atoms with Gasteiger partial charge in [0.1, 0.15) is 5.52 Å². The lowest BCUT2D eigenvalue weighted by Gasteiger charge is -2.03. The zero-order valence-electron chi connectivity index (χ0n) is 9.82. The predicted molar refractivity (Wildman–Crippen MR) is 70.4 cm³/mol. The van der Waals surface area contributed by atoms with Crippen molar-refractivity contribution in [3.8, 4) is 0 Å². The monoisotopic (exact) mass is 250 g/mol. The third kappa shape index (κ3) is 3.00. The van der Waals surface area contributed by atoms with Gasteiger partial charge in [-0.3, -0.25) is 4.79 Å². The van der Waals surface area contributed by atoms with Crippen molar-refractivity contribution in [2.75, 3.05) is 17.3 Å². The van der Waals surface area contributed by atoms with Crippen molar-refractivity contribution in [2.24, 2.45) is 0 Å². The molecule has 1 N–H and O–H groups in total. The van der Waals surface area contributed by atoms with Crippen molar-refractivity contribution >= 4 is 34.5 Å². The number of oxazole rings is 1. The van der Waals surface area contributed by atoms with Gasteiger partial charge in [0.25, 0.3) is 0 Å². The minimum Gasteiger partial charge on any atom is -0.441 e. The molecule has 0 aliphatic carbocycles. The maximum absolute atomic E-state index is 11.5. The van der Waals surface area contributed by atoms with E-state index in [0.717, 1.165) is 22.5 Å². The second-order valence-corrected chi connectivity index (χ2v) is 4.69. The lowest BCUT2D eigenvalue weighted by atomic mass is 10.3. The molecule has 0 saturated carbocycles. The molecular weight excluding hydrogens is 236 g/mol. The van der Waals surface area contributed by atoms with Crippen molar-refractivity contribution in [3.05, 3.63) is 24.1 Å². The largest absolute Gasteiger partial charge is 0.441 e. The van der Waals surface area contributed by atoms with Gasteiger partial charge in [-0.1, -0.05) is 0 Å². The van der Waals surface area contributed by atoms with E-state index in [0.29, 0.717) is 12.3 Å². The van der Waals surface area contributed by atoms with Crippen LogP contribution < -0.4 is 5.32 Å². The predicted octanol–water partition coefficient (Wildman–Crippen LogP) is 2.83. The molecule has 0 fully saturated rings. The molecule has 1 amide bonds. The van der Waals surface area contributed by atoms with Crippen LogP contribution in [0.3, 0.4) is 0 Å². The Labute approximate surface area is 104 Å². The number of carbonyl (C=O) groups is 1. The molecular formula is C12H14N2O2S. The number of hydrogen-bond donors (Lipinski definition) is 1. The summed E-state index contributed by atoms with van der Waals surface area (Å²) in [5, 5.41) is 2.84. The Hall–Kier alpha value is -1.49. The van der Waals surface area contributed by atoms with Gasteiger partial charge in [0.2, 0.25) is 5.91 Å². The van der Waals surface area contributed by atoms with Crippen LogP contribution in [0.15, 0.2) is 22.6 Å². The fraction of sp³-hybridized carbons (Fsp3) is 0.333. The first-order chi connectivity index (χ1) is 8.19. The van der Waals surface area contributed by atoms with Crippen LogP contribution >= 0.6 is 11.8 Å². The zero-order chi connectivity index (χ0) is 12.3. The third-order valence-electron chi connectivity index (χ3n) is 2.31. The Kier molecular flexibility index (Phi) is 3.68. The van der Waals surface area contributed by atoms with Gasteiger partial charge in [0.05, 0.1) is 0 Å². The summed E-state index contributed by atoms with van der Waals surface area (Å²) in [7, 11) is 0. The number of thioether (sulfide) groups is 1. The molecule has 4 nitrogen and oxygen atoms in total. The number of carbonyl (C=O) groups excluding carboxylic acids is 1. The molecule has 0 unspecified atom stereocenters. The Bertz CT molecular complexity index is 536. The number of aryl methyl sites for hydroxylation is 1. The second kappa shape index (κ2) is 5.23. The molecule has 0 bridgehead atoms. The van der Waals surface area contributed by atoms with E-state index in [4.69, 9.17) is 4.42 Å². The molecule has 0 saturated heterocycles. The Balaban J connectivity index is 2.10. The Morgan fingerprint density at radius 1 is 1.53 bits per heavy atom. The number of fused-ring (bicyclic) bond motifs is 1. The fourth-order valence-corrected chi connectivity index (χ4v) is 1.93. The molecule has 0 aliphatic heterocycles. The molecule has 1 aromatic carbocycles. The minimum atomic E-state index is 0.0268. The molecule has 0 radical (unpaired) electrons. The Morgan fingerprint density at radius 2 is 2.35 bits per heavy atom. The summed E-state index contributed by atoms with van der Waals surface area (Å²) < 4.78 is 5.37. The first kappa shape index (κ1) is 12.0. The van der Waals surface area contributed by atoms with Gasteiger partial charge in [-0.15, -0.1) is 0 Å². The summed E-state index contributed by atoms with van der Waals surface area (Å²) in [5.41, 5.74) is 2.27. The summed E-state index contributed by atoms with van der Waals surface area (Å²) in [4.78, 5) is 15.8. The SMILES string of the molecule is CSCCC(=O)Nc1ccc2oc(C)nc2c1. The topological polar surface area (TPSA) is 55.1 Å². The molecule has 1 heterocycles. The average Bonchev–Trinajstić information content (AvgIpc) is 2.65. The number of nitrogens with one attached hydrogen (secondary N) is 1. The normalized spacial score (nSPS) is 10.7. The smallest absolute Gasteiger partial charge is 0.225 e. The highest BCUT2D eigenvalue weighted by Crippen LogP contribution is 2.19. The number of amides is 1. The van der Waals surface area contributed by atoms with Crippen LogP contribution in [0, 0.1) is 6.92 Å². The summed E-state index contributed by atoms with van der Waals surface area (Å²) in [6.45, 7) is 1.80. The number of anilines is 1. The molecule has 0 aliphatic rings. The first-order valence-electron chi connectivity index (χ1n) is 5.35. The van der Waals surface area contributed by atoms with E-state index in [1.807, 2.05) is 24.5 Å². The summed E-state index contributed by atoms with van der Waals surface area (Å²) >= 11 is 1.66. The van der Waals surface area contributed by atoms with Gasteiger partial charge in [-0.2, -0.15) is 11.8 Å². The van der Waals surface area contributed by atoms with E-state index in [1.165, 1.54) is 0 Å². The molecule has 17 heavy (non-hydrogen) atoms. The van der Waals surface area contributed by atoms with E-state index in [-0.39, 0.29) is 5.91 Å². The molecule has 0 atom stereocenters. The van der Waals surface area contributed by atoms with Crippen molar-refractivity contribution < 1.29 is 9.21 Å². The summed E-state index contributed by atoms with van der Waals surface area (Å²) in [5.74, 6) is 1.49. The Morgan fingerprint density at radius 3 is 3.12 bits per heavy atom. The van der Waals surface area contributed by atoms with Crippen molar-refractivity contribution in [3.63, 3.8) is 0 Å². The average molecular weight is 250 g/mol. The molecule has 2 aromatic rings. The second-order valence-electron chi connectivity index (χ2n) is 3.71. The van der Waals surface area contributed by atoms with Gasteiger partial charge in [-0.05, 0) is 24.5 Å². The van der Waals surface area contributed by atoms with Gasteiger partial charge >= 0.3 is 0 Å². The van der Waals surface area contributed by atoms with E-state index >= 15 is 0 Å². The number of rotatable bonds is 4. The van der Waals surface area contributed by atoms with E-state index in [1.54, 1.807) is 18.7 Å². The highest BCUT2D eigenvalue weighted by Gasteiger charge is 2.05. The van der Waals surface area contributed by atoms with Gasteiger partial charge in [0, 0.05) is 24.8 Å². The number of hydrogen-bond acceptors (Lipinski definition) is 4. The minimum absolute atomic E-state index is 0.0268. The lowest BCUT2D eigenvalue weighted by Crippen LogP contribution is -2.11. The van der Waals surface area contributed by atoms with Crippen LogP contribution in [0.5, 0.6) is 0 Å². The standard InChI is InChI=1S/C12H14N2O2S/c1-8-13-10-7-9(3-4-11(10)16-8)14-12(15)5-6-17-2/h3-4,7H,5-6H2,1-2H3,(H,14,15). The van der Waals surface area contributed by atoms with E-state index < -0.39 is 0 Å². The molecule has 5 heteroatoms. The molecule has 2 rings (SSSR count). The highest BCUT2D eigenvalue weighted by molar-refractivity contribution is 7.98. The highest BCUT2D eigenvalue weighted by atomic mass is 32.2. The van der Waals surface area contributed by atoms with Crippen molar-refractivity contribution in [1.29, 1.82) is 0 Å². The summed E-state index contributed by atoms with van der Waals surface area (Å²) in [6.07, 6.45) is 2.51. The quantitative estimate of drug-likeness (QED) is 0.906. The van der Waals surface area contributed by atoms with Crippen LogP contribution in [-0.4, -0.2) is 22.9 Å². The van der Waals surface area contributed by atoms with Crippen LogP contribution in [0.25, 0.3) is 11.1 Å². The van der Waals surface area contributed by atoms with Gasteiger partial charge in [-0.25, -0.2) is 4.98 Å². The molecule has 0 spiro atoms. The maximum atomic E-state index is 11.5. The van der Waals surface area contributed by atoms with Crippen LogP contribution in [-0.2, 0) is 4.79 Å². The van der Waals surface area contributed by atoms with Crippen molar-refractivity contribution in [2.45, 2.75) is 13.3 Å². The van der Waals surface area contributed by atoms with Crippen LogP contribution in [0.1, 0.15) is 12.3 Å². The summed E-state index contributed by atoms with van der Waals surface area (Å²) in [6, 6.07) is 5.46. The van der Waals surface area contributed by atoms with E-state index in [9.17, 15) is 4.79 Å². The number of aromatic nitrogens is 1. The maximum Gasteiger partial charge on any atom is 0.225 e. The third-order valence-corrected chi connectivity index (χ3v) is 2.92. The van der Waals surface area contributed by atoms with Crippen LogP contribution in [0.2, 0.25) is 0 Å². The molecule has 90 valence electrons. The van der Waals surface area contributed by atoms with Crippen LogP contribution in [0.4, 0.5) is 5.69 Å². The fourth-order valence-electron chi connectivity index (χ4n) is 1.54. The van der Waals surface area contributed by atoms with Crippen molar-refractivity contribution in [1.82, 2.24) is 4.98 Å². The number of benzene rings is 1. The first-order valence-corrected chi connectivity index (χ1v) is 6.74. The van der Waals surface area contributed by atoms with Gasteiger partial charge in [0.15, 0.2) is 11.5 Å².